The van der Waals surface area contributed by atoms with E-state index < -0.39 is 0 Å². The van der Waals surface area contributed by atoms with Crippen LogP contribution in [0.3, 0.4) is 0 Å². The molecule has 176 valence electrons. The van der Waals surface area contributed by atoms with E-state index in [0.717, 1.165) is 0 Å². The molecule has 0 atom stereocenters. The van der Waals surface area contributed by atoms with Crippen molar-refractivity contribution < 1.29 is 0 Å². The zero-order valence-corrected chi connectivity index (χ0v) is 22.9. The minimum absolute atomic E-state index is 0. The van der Waals surface area contributed by atoms with Crippen LogP contribution in [0.5, 0.6) is 0 Å². The molecule has 2 aliphatic heterocycles. The van der Waals surface area contributed by atoms with Crippen LogP contribution >= 0.6 is 0 Å². The van der Waals surface area contributed by atoms with E-state index >= 15 is 0 Å². The highest BCUT2D eigenvalue weighted by Gasteiger charge is 2.66. The summed E-state index contributed by atoms with van der Waals surface area (Å²) >= 11 is 0. The molecule has 0 radical (unpaired) electrons. The third kappa shape index (κ3) is 3.09. The Bertz CT molecular complexity index is 494. The zero-order chi connectivity index (χ0) is 23.2. The molecule has 0 aromatic carbocycles. The van der Waals surface area contributed by atoms with E-state index in [-0.39, 0.29) is 29.6 Å². The lowest BCUT2D eigenvalue weighted by molar-refractivity contribution is 0.0698. The summed E-state index contributed by atoms with van der Waals surface area (Å²) in [7, 11) is 4.52. The molecule has 0 spiro atoms. The van der Waals surface area contributed by atoms with E-state index in [4.69, 9.17) is 0 Å². The summed E-state index contributed by atoms with van der Waals surface area (Å²) in [5.74, 6) is 0. The molecular weight excluding hydrogens is 352 g/mol. The van der Waals surface area contributed by atoms with Gasteiger partial charge in [0, 0.05) is 22.2 Å². The van der Waals surface area contributed by atoms with Gasteiger partial charge in [0.05, 0.1) is 0 Å². The molecule has 0 aliphatic carbocycles. The molecule has 29 heavy (non-hydrogen) atoms. The van der Waals surface area contributed by atoms with Crippen LogP contribution in [0.25, 0.3) is 0 Å². The summed E-state index contributed by atoms with van der Waals surface area (Å²) in [6.07, 6.45) is 0. The van der Waals surface area contributed by atoms with Gasteiger partial charge in [-0.05, 0) is 91.1 Å². The number of hydrogen-bond acceptors (Lipinski definition) is 2. The lowest BCUT2D eigenvalue weighted by Gasteiger charge is -2.45. The van der Waals surface area contributed by atoms with Crippen LogP contribution in [0.15, 0.2) is 0 Å². The van der Waals surface area contributed by atoms with Crippen LogP contribution in [0.4, 0.5) is 0 Å². The van der Waals surface area contributed by atoms with E-state index in [2.05, 4.69) is 135 Å². The molecule has 2 heterocycles. The van der Waals surface area contributed by atoms with Gasteiger partial charge in [0.25, 0.3) is 0 Å². The van der Waals surface area contributed by atoms with Gasteiger partial charge < -0.3 is 0 Å². The van der Waals surface area contributed by atoms with E-state index in [1.54, 1.807) is 0 Å². The van der Waals surface area contributed by atoms with Gasteiger partial charge in [-0.25, -0.2) is 0 Å². The molecule has 2 heteroatoms. The summed E-state index contributed by atoms with van der Waals surface area (Å²) in [4.78, 5) is 5.08. The van der Waals surface area contributed by atoms with Crippen molar-refractivity contribution in [2.45, 2.75) is 140 Å². The van der Waals surface area contributed by atoms with Gasteiger partial charge in [-0.1, -0.05) is 62.8 Å². The normalized spacial score (nSPS) is 32.1. The van der Waals surface area contributed by atoms with Gasteiger partial charge in [0.1, 0.15) is 0 Å². The molecule has 0 amide bonds. The summed E-state index contributed by atoms with van der Waals surface area (Å²) in [5, 5.41) is 0. The number of rotatable bonds is 0. The number of hydrogen-bond donors (Lipinski definition) is 0. The van der Waals surface area contributed by atoms with Crippen LogP contribution in [-0.2, 0) is 0 Å². The summed E-state index contributed by atoms with van der Waals surface area (Å²) in [6.45, 7) is 38.1. The molecule has 0 N–H and O–H groups in total. The molecule has 0 unspecified atom stereocenters. The predicted octanol–water partition coefficient (Wildman–Crippen LogP) is 7.72. The fraction of sp³-hybridized carbons (Fsp3) is 1.00. The first kappa shape index (κ1) is 28.9. The minimum Gasteiger partial charge on any atom is -0.295 e. The van der Waals surface area contributed by atoms with Gasteiger partial charge in [-0.15, -0.1) is 0 Å². The topological polar surface area (TPSA) is 6.48 Å². The lowest BCUT2D eigenvalue weighted by Crippen LogP contribution is -2.49. The Labute approximate surface area is 186 Å². The van der Waals surface area contributed by atoms with Crippen LogP contribution in [0.2, 0.25) is 0 Å². The van der Waals surface area contributed by atoms with Crippen LogP contribution in [0, 0.1) is 21.7 Å². The largest absolute Gasteiger partial charge is 0.295 e. The molecule has 0 bridgehead atoms. The molecule has 0 saturated carbocycles. The quantitative estimate of drug-likeness (QED) is 0.403. The lowest BCUT2D eigenvalue weighted by atomic mass is 9.57. The standard InChI is InChI=1S/2C13H27N.CH4/c2*1-10(2)11(3,4)13(7,8)14(9)12(10,5)6;/h2*1-9H3;1H4. The number of nitrogens with zero attached hydrogens (tertiary/aromatic N) is 2. The first-order valence-corrected chi connectivity index (χ1v) is 11.3. The van der Waals surface area contributed by atoms with E-state index in [1.807, 2.05) is 0 Å². The highest BCUT2D eigenvalue weighted by Crippen LogP contribution is 2.64. The smallest absolute Gasteiger partial charge is 0.0212 e. The average Bonchev–Trinajstić information content (AvgIpc) is 2.60. The second-order valence-corrected chi connectivity index (χ2v) is 13.9. The Morgan fingerprint density at radius 3 is 0.448 bits per heavy atom. The van der Waals surface area contributed by atoms with Gasteiger partial charge in [0.15, 0.2) is 0 Å². The molecule has 2 saturated heterocycles. The minimum atomic E-state index is 0. The van der Waals surface area contributed by atoms with Crippen molar-refractivity contribution in [2.24, 2.45) is 21.7 Å². The second-order valence-electron chi connectivity index (χ2n) is 13.9. The Morgan fingerprint density at radius 2 is 0.414 bits per heavy atom. The third-order valence-electron chi connectivity index (χ3n) is 12.6. The number of likely N-dealkylation sites (tertiary alicyclic amines) is 2. The zero-order valence-electron chi connectivity index (χ0n) is 22.9. The Balaban J connectivity index is 0.000000523. The molecular formula is C27H58N2. The average molecular weight is 411 g/mol. The Kier molecular flexibility index (Phi) is 6.94. The fourth-order valence-electron chi connectivity index (χ4n) is 6.13. The van der Waals surface area contributed by atoms with Crippen LogP contribution in [0.1, 0.15) is 118 Å². The molecule has 2 rings (SSSR count). The highest BCUT2D eigenvalue weighted by molar-refractivity contribution is 5.19. The molecule has 2 fully saturated rings. The van der Waals surface area contributed by atoms with Crippen LogP contribution < -0.4 is 0 Å². The van der Waals surface area contributed by atoms with E-state index in [1.165, 1.54) is 0 Å². The van der Waals surface area contributed by atoms with Crippen molar-refractivity contribution in [2.75, 3.05) is 14.1 Å². The molecule has 0 aromatic rings. The van der Waals surface area contributed by atoms with E-state index in [0.29, 0.717) is 21.7 Å². The van der Waals surface area contributed by atoms with Crippen molar-refractivity contribution in [3.8, 4) is 0 Å². The summed E-state index contributed by atoms with van der Waals surface area (Å²) in [6, 6.07) is 0. The summed E-state index contributed by atoms with van der Waals surface area (Å²) in [5.41, 5.74) is 2.27. The van der Waals surface area contributed by atoms with Gasteiger partial charge in [0.2, 0.25) is 0 Å². The van der Waals surface area contributed by atoms with E-state index in [9.17, 15) is 0 Å². The monoisotopic (exact) mass is 410 g/mol. The maximum atomic E-state index is 2.54. The maximum Gasteiger partial charge on any atom is 0.0212 e. The van der Waals surface area contributed by atoms with Crippen LogP contribution in [-0.4, -0.2) is 46.1 Å². The SMILES string of the molecule is C.CN1C(C)(C)C(C)(C)C(C)(C)C1(C)C.CN1C(C)(C)C(C)(C)C(C)(C)C1(C)C. The second kappa shape index (κ2) is 6.96. The maximum absolute atomic E-state index is 2.54. The van der Waals surface area contributed by atoms with Crippen molar-refractivity contribution in [3.63, 3.8) is 0 Å². The highest BCUT2D eigenvalue weighted by atomic mass is 15.3. The molecule has 2 nitrogen and oxygen atoms in total. The predicted molar refractivity (Wildman–Crippen MR) is 134 cm³/mol. The van der Waals surface area contributed by atoms with Crippen molar-refractivity contribution >= 4 is 0 Å². The van der Waals surface area contributed by atoms with Crippen molar-refractivity contribution in [1.29, 1.82) is 0 Å². The molecule has 0 aromatic heterocycles. The molecule has 2 aliphatic rings. The fourth-order valence-corrected chi connectivity index (χ4v) is 6.13. The Hall–Kier alpha value is -0.0800. The van der Waals surface area contributed by atoms with Crippen molar-refractivity contribution in [3.05, 3.63) is 0 Å². The Morgan fingerprint density at radius 1 is 0.310 bits per heavy atom. The third-order valence-corrected chi connectivity index (χ3v) is 12.6. The summed E-state index contributed by atoms with van der Waals surface area (Å²) < 4.78 is 0. The first-order chi connectivity index (χ1) is 11.8. The van der Waals surface area contributed by atoms with Gasteiger partial charge in [-0.2, -0.15) is 0 Å². The van der Waals surface area contributed by atoms with Crippen molar-refractivity contribution in [1.82, 2.24) is 9.80 Å². The first-order valence-electron chi connectivity index (χ1n) is 11.3. The van der Waals surface area contributed by atoms with Gasteiger partial charge >= 0.3 is 0 Å². The van der Waals surface area contributed by atoms with Gasteiger partial charge in [-0.3, -0.25) is 9.80 Å².